The maximum atomic E-state index is 12.8. The normalized spacial score (nSPS) is 10.1. The molecule has 0 saturated carbocycles. The van der Waals surface area contributed by atoms with Crippen molar-refractivity contribution in [2.75, 3.05) is 13.7 Å². The Morgan fingerprint density at radius 2 is 1.88 bits per heavy atom. The van der Waals surface area contributed by atoms with Crippen LogP contribution in [0.25, 0.3) is 0 Å². The predicted molar refractivity (Wildman–Crippen MR) is 85.3 cm³/mol. The molecular weight excluding hydrogens is 315 g/mol. The number of nitrogens with one attached hydrogen (secondary N) is 1. The van der Waals surface area contributed by atoms with E-state index in [2.05, 4.69) is 5.32 Å². The minimum absolute atomic E-state index is 0.115. The summed E-state index contributed by atoms with van der Waals surface area (Å²) in [5, 5.41) is 2.63. The molecule has 0 aromatic heterocycles. The highest BCUT2D eigenvalue weighted by Gasteiger charge is 2.16. The first-order valence-electron chi connectivity index (χ1n) is 7.12. The van der Waals surface area contributed by atoms with Gasteiger partial charge in [0.2, 0.25) is 0 Å². The van der Waals surface area contributed by atoms with Gasteiger partial charge in [-0.2, -0.15) is 0 Å². The number of benzene rings is 2. The van der Waals surface area contributed by atoms with Gasteiger partial charge < -0.3 is 20.5 Å². The number of amides is 2. The van der Waals surface area contributed by atoms with Crippen LogP contribution in [0.4, 0.5) is 4.39 Å². The monoisotopic (exact) mass is 332 g/mol. The second kappa shape index (κ2) is 7.96. The fourth-order valence-electron chi connectivity index (χ4n) is 2.01. The van der Waals surface area contributed by atoms with Crippen LogP contribution in [0.1, 0.15) is 15.9 Å². The van der Waals surface area contributed by atoms with E-state index in [4.69, 9.17) is 15.2 Å². The summed E-state index contributed by atoms with van der Waals surface area (Å²) in [5.74, 6) is -1.01. The van der Waals surface area contributed by atoms with Crippen LogP contribution < -0.4 is 20.5 Å². The Labute approximate surface area is 138 Å². The maximum Gasteiger partial charge on any atom is 0.258 e. The van der Waals surface area contributed by atoms with E-state index >= 15 is 0 Å². The number of ether oxygens (including phenoxy) is 2. The summed E-state index contributed by atoms with van der Waals surface area (Å²) in [6, 6.07) is 10.4. The zero-order valence-corrected chi connectivity index (χ0v) is 13.0. The SMILES string of the molecule is COc1cccc(C(N)=O)c1OCC(=O)NCc1ccc(F)cc1. The molecule has 0 aliphatic heterocycles. The lowest BCUT2D eigenvalue weighted by Crippen LogP contribution is -2.29. The van der Waals surface area contributed by atoms with Crippen molar-refractivity contribution in [2.45, 2.75) is 6.54 Å². The third-order valence-electron chi connectivity index (χ3n) is 3.21. The number of rotatable bonds is 7. The number of para-hydroxylation sites is 1. The molecule has 2 aromatic carbocycles. The van der Waals surface area contributed by atoms with Crippen LogP contribution in [0.3, 0.4) is 0 Å². The first kappa shape index (κ1) is 17.3. The molecule has 0 unspecified atom stereocenters. The van der Waals surface area contributed by atoms with Crippen LogP contribution in [-0.4, -0.2) is 25.5 Å². The van der Waals surface area contributed by atoms with Gasteiger partial charge in [0.05, 0.1) is 12.7 Å². The second-order valence-corrected chi connectivity index (χ2v) is 4.89. The van der Waals surface area contributed by atoms with Crippen molar-refractivity contribution in [1.82, 2.24) is 5.32 Å². The molecule has 3 N–H and O–H groups in total. The quantitative estimate of drug-likeness (QED) is 0.806. The molecule has 0 atom stereocenters. The standard InChI is InChI=1S/C17H17FN2O4/c1-23-14-4-2-3-13(17(19)22)16(14)24-10-15(21)20-9-11-5-7-12(18)8-6-11/h2-8H,9-10H2,1H3,(H2,19,22)(H,20,21). The van der Waals surface area contributed by atoms with E-state index in [9.17, 15) is 14.0 Å². The van der Waals surface area contributed by atoms with Gasteiger partial charge >= 0.3 is 0 Å². The van der Waals surface area contributed by atoms with Crippen molar-refractivity contribution in [2.24, 2.45) is 5.73 Å². The minimum atomic E-state index is -0.685. The summed E-state index contributed by atoms with van der Waals surface area (Å²) < 4.78 is 23.3. The van der Waals surface area contributed by atoms with E-state index in [0.717, 1.165) is 5.56 Å². The molecule has 0 saturated heterocycles. The number of carbonyl (C=O) groups excluding carboxylic acids is 2. The fourth-order valence-corrected chi connectivity index (χ4v) is 2.01. The Hall–Kier alpha value is -3.09. The van der Waals surface area contributed by atoms with E-state index in [1.807, 2.05) is 0 Å². The molecule has 0 bridgehead atoms. The van der Waals surface area contributed by atoms with E-state index < -0.39 is 11.8 Å². The van der Waals surface area contributed by atoms with Gasteiger partial charge in [0.15, 0.2) is 18.1 Å². The Morgan fingerprint density at radius 3 is 2.50 bits per heavy atom. The van der Waals surface area contributed by atoms with Crippen LogP contribution in [-0.2, 0) is 11.3 Å². The zero-order valence-electron chi connectivity index (χ0n) is 13.0. The summed E-state index contributed by atoms with van der Waals surface area (Å²) in [6.45, 7) is -0.0844. The van der Waals surface area contributed by atoms with E-state index in [1.165, 1.54) is 25.3 Å². The zero-order chi connectivity index (χ0) is 17.5. The van der Waals surface area contributed by atoms with E-state index in [0.29, 0.717) is 5.75 Å². The largest absolute Gasteiger partial charge is 0.493 e. The number of hydrogen-bond acceptors (Lipinski definition) is 4. The first-order chi connectivity index (χ1) is 11.5. The average molecular weight is 332 g/mol. The molecule has 2 amide bonds. The lowest BCUT2D eigenvalue weighted by molar-refractivity contribution is -0.123. The molecule has 2 rings (SSSR count). The Morgan fingerprint density at radius 1 is 1.17 bits per heavy atom. The van der Waals surface area contributed by atoms with Gasteiger partial charge in [0.25, 0.3) is 11.8 Å². The van der Waals surface area contributed by atoms with E-state index in [1.54, 1.807) is 24.3 Å². The van der Waals surface area contributed by atoms with Crippen molar-refractivity contribution in [3.8, 4) is 11.5 Å². The average Bonchev–Trinajstić information content (AvgIpc) is 2.58. The van der Waals surface area contributed by atoms with Crippen molar-refractivity contribution in [1.29, 1.82) is 0 Å². The summed E-state index contributed by atoms with van der Waals surface area (Å²) >= 11 is 0. The Bertz CT molecular complexity index is 732. The molecule has 0 fully saturated rings. The highest BCUT2D eigenvalue weighted by molar-refractivity contribution is 5.96. The topological polar surface area (TPSA) is 90.7 Å². The fraction of sp³-hybridized carbons (Fsp3) is 0.176. The molecule has 6 nitrogen and oxygen atoms in total. The first-order valence-corrected chi connectivity index (χ1v) is 7.12. The molecule has 0 aliphatic rings. The second-order valence-electron chi connectivity index (χ2n) is 4.89. The van der Waals surface area contributed by atoms with Gasteiger partial charge in [-0.1, -0.05) is 18.2 Å². The summed E-state index contributed by atoms with van der Waals surface area (Å²) in [6.07, 6.45) is 0. The van der Waals surface area contributed by atoms with Crippen LogP contribution in [0.2, 0.25) is 0 Å². The number of nitrogens with two attached hydrogens (primary N) is 1. The number of carbonyl (C=O) groups is 2. The number of hydrogen-bond donors (Lipinski definition) is 2. The number of halogens is 1. The summed E-state index contributed by atoms with van der Waals surface area (Å²) in [7, 11) is 1.42. The number of primary amides is 1. The van der Waals surface area contributed by atoms with Gasteiger partial charge in [-0.15, -0.1) is 0 Å². The summed E-state index contributed by atoms with van der Waals surface area (Å²) in [5.41, 5.74) is 6.16. The predicted octanol–water partition coefficient (Wildman–Crippen LogP) is 1.63. The van der Waals surface area contributed by atoms with Crippen molar-refractivity contribution < 1.29 is 23.5 Å². The highest BCUT2D eigenvalue weighted by Crippen LogP contribution is 2.30. The van der Waals surface area contributed by atoms with Crippen molar-refractivity contribution in [3.63, 3.8) is 0 Å². The van der Waals surface area contributed by atoms with Gasteiger partial charge in [-0.05, 0) is 29.8 Å². The molecule has 0 aliphatic carbocycles. The lowest BCUT2D eigenvalue weighted by atomic mass is 10.2. The van der Waals surface area contributed by atoms with Crippen LogP contribution in [0, 0.1) is 5.82 Å². The molecule has 24 heavy (non-hydrogen) atoms. The van der Waals surface area contributed by atoms with Crippen LogP contribution in [0.15, 0.2) is 42.5 Å². The lowest BCUT2D eigenvalue weighted by Gasteiger charge is -2.13. The molecular formula is C17H17FN2O4. The summed E-state index contributed by atoms with van der Waals surface area (Å²) in [4.78, 5) is 23.3. The molecule has 0 heterocycles. The molecule has 126 valence electrons. The Balaban J connectivity index is 1.96. The molecule has 7 heteroatoms. The molecule has 2 aromatic rings. The smallest absolute Gasteiger partial charge is 0.258 e. The van der Waals surface area contributed by atoms with Gasteiger partial charge in [-0.3, -0.25) is 9.59 Å². The molecule has 0 spiro atoms. The minimum Gasteiger partial charge on any atom is -0.493 e. The van der Waals surface area contributed by atoms with Crippen LogP contribution in [0.5, 0.6) is 11.5 Å². The van der Waals surface area contributed by atoms with Crippen molar-refractivity contribution in [3.05, 3.63) is 59.4 Å². The molecule has 0 radical (unpaired) electrons. The third kappa shape index (κ3) is 4.45. The van der Waals surface area contributed by atoms with Gasteiger partial charge in [0, 0.05) is 6.54 Å². The van der Waals surface area contributed by atoms with Crippen LogP contribution >= 0.6 is 0 Å². The number of methoxy groups -OCH3 is 1. The highest BCUT2D eigenvalue weighted by atomic mass is 19.1. The van der Waals surface area contributed by atoms with Crippen molar-refractivity contribution >= 4 is 11.8 Å². The van der Waals surface area contributed by atoms with E-state index in [-0.39, 0.29) is 30.3 Å². The van der Waals surface area contributed by atoms with Gasteiger partial charge in [0.1, 0.15) is 5.82 Å². The Kier molecular flexibility index (Phi) is 5.73. The van der Waals surface area contributed by atoms with Gasteiger partial charge in [-0.25, -0.2) is 4.39 Å². The maximum absolute atomic E-state index is 12.8. The third-order valence-corrected chi connectivity index (χ3v) is 3.21.